The standard InChI is InChI=1S/C12H17NO6S/c1-8-11(6-10(19-8)12(15)16)20(17,18)13-4-2-9(7-14)3-5-13/h6,9,14H,2-5,7H2,1H3,(H,15,16). The molecule has 2 N–H and O–H groups in total. The molecule has 20 heavy (non-hydrogen) atoms. The van der Waals surface area contributed by atoms with Crippen LogP contribution in [-0.2, 0) is 10.0 Å². The van der Waals surface area contributed by atoms with E-state index in [4.69, 9.17) is 14.6 Å². The van der Waals surface area contributed by atoms with Gasteiger partial charge in [-0.2, -0.15) is 4.31 Å². The number of nitrogens with zero attached hydrogens (tertiary/aromatic N) is 1. The predicted molar refractivity (Wildman–Crippen MR) is 69.0 cm³/mol. The number of carbonyl (C=O) groups is 1. The molecule has 0 amide bonds. The van der Waals surface area contributed by atoms with Gasteiger partial charge in [-0.15, -0.1) is 0 Å². The Morgan fingerprint density at radius 2 is 2.05 bits per heavy atom. The van der Waals surface area contributed by atoms with E-state index in [1.54, 1.807) is 0 Å². The smallest absolute Gasteiger partial charge is 0.371 e. The quantitative estimate of drug-likeness (QED) is 0.846. The molecule has 2 heterocycles. The van der Waals surface area contributed by atoms with E-state index in [0.717, 1.165) is 6.07 Å². The Morgan fingerprint density at radius 3 is 2.50 bits per heavy atom. The van der Waals surface area contributed by atoms with E-state index in [1.165, 1.54) is 11.2 Å². The van der Waals surface area contributed by atoms with Gasteiger partial charge in [0, 0.05) is 25.8 Å². The first-order valence-electron chi connectivity index (χ1n) is 6.31. The molecule has 0 spiro atoms. The van der Waals surface area contributed by atoms with Crippen LogP contribution in [0.25, 0.3) is 0 Å². The van der Waals surface area contributed by atoms with Crippen LogP contribution >= 0.6 is 0 Å². The highest BCUT2D eigenvalue weighted by Crippen LogP contribution is 2.27. The summed E-state index contributed by atoms with van der Waals surface area (Å²) in [5.74, 6) is -1.48. The number of aliphatic hydroxyl groups is 1. The summed E-state index contributed by atoms with van der Waals surface area (Å²) in [5, 5.41) is 17.9. The molecule has 1 aliphatic heterocycles. The van der Waals surface area contributed by atoms with Crippen LogP contribution in [0.15, 0.2) is 15.4 Å². The molecule has 0 saturated carbocycles. The fourth-order valence-corrected chi connectivity index (χ4v) is 3.93. The number of aryl methyl sites for hydroxylation is 1. The van der Waals surface area contributed by atoms with Crippen LogP contribution in [0.4, 0.5) is 0 Å². The lowest BCUT2D eigenvalue weighted by Gasteiger charge is -2.29. The van der Waals surface area contributed by atoms with Crippen molar-refractivity contribution < 1.29 is 27.8 Å². The van der Waals surface area contributed by atoms with Gasteiger partial charge in [0.15, 0.2) is 0 Å². The molecule has 1 aromatic rings. The van der Waals surface area contributed by atoms with Gasteiger partial charge in [-0.05, 0) is 25.7 Å². The van der Waals surface area contributed by atoms with Crippen molar-refractivity contribution in [3.63, 3.8) is 0 Å². The molecule has 1 fully saturated rings. The second kappa shape index (κ2) is 5.55. The Hall–Kier alpha value is -1.38. The van der Waals surface area contributed by atoms with Crippen molar-refractivity contribution in [3.8, 4) is 0 Å². The first kappa shape index (κ1) is 15.0. The third kappa shape index (κ3) is 2.72. The van der Waals surface area contributed by atoms with Crippen molar-refractivity contribution >= 4 is 16.0 Å². The van der Waals surface area contributed by atoms with Crippen LogP contribution in [0.1, 0.15) is 29.2 Å². The normalized spacial score (nSPS) is 18.3. The third-order valence-electron chi connectivity index (χ3n) is 3.53. The molecule has 1 saturated heterocycles. The minimum absolute atomic E-state index is 0.0573. The maximum absolute atomic E-state index is 12.4. The first-order valence-corrected chi connectivity index (χ1v) is 7.75. The molecule has 1 aromatic heterocycles. The minimum Gasteiger partial charge on any atom is -0.475 e. The zero-order chi connectivity index (χ0) is 14.9. The number of hydrogen-bond donors (Lipinski definition) is 2. The molecule has 0 radical (unpaired) electrons. The van der Waals surface area contributed by atoms with E-state index in [2.05, 4.69) is 0 Å². The number of carboxylic acid groups (broad SMARTS) is 1. The number of sulfonamides is 1. The van der Waals surface area contributed by atoms with Crippen LogP contribution < -0.4 is 0 Å². The zero-order valence-electron chi connectivity index (χ0n) is 11.1. The zero-order valence-corrected chi connectivity index (χ0v) is 11.9. The van der Waals surface area contributed by atoms with Gasteiger partial charge in [-0.3, -0.25) is 0 Å². The van der Waals surface area contributed by atoms with Crippen LogP contribution in [-0.4, -0.2) is 48.6 Å². The summed E-state index contributed by atoms with van der Waals surface area (Å²) in [5.41, 5.74) is 0. The molecule has 112 valence electrons. The van der Waals surface area contributed by atoms with Gasteiger partial charge in [0.2, 0.25) is 15.8 Å². The SMILES string of the molecule is Cc1oc(C(=O)O)cc1S(=O)(=O)N1CCC(CO)CC1. The molecule has 0 atom stereocenters. The Balaban J connectivity index is 2.25. The second-order valence-corrected chi connectivity index (χ2v) is 6.77. The number of aliphatic hydroxyl groups excluding tert-OH is 1. The number of furan rings is 1. The molecule has 7 nitrogen and oxygen atoms in total. The molecule has 0 unspecified atom stereocenters. The Bertz CT molecular complexity index is 597. The van der Waals surface area contributed by atoms with E-state index in [0.29, 0.717) is 25.9 Å². The molecule has 1 aliphatic rings. The molecule has 2 rings (SSSR count). The minimum atomic E-state index is -3.74. The fourth-order valence-electron chi connectivity index (χ4n) is 2.30. The lowest BCUT2D eigenvalue weighted by atomic mass is 10.00. The lowest BCUT2D eigenvalue weighted by molar-refractivity contribution is 0.0661. The predicted octanol–water partition coefficient (Wildman–Crippen LogP) is 0.679. The topological polar surface area (TPSA) is 108 Å². The summed E-state index contributed by atoms with van der Waals surface area (Å²) >= 11 is 0. The van der Waals surface area contributed by atoms with Crippen molar-refractivity contribution in [3.05, 3.63) is 17.6 Å². The van der Waals surface area contributed by atoms with Gasteiger partial charge in [0.1, 0.15) is 10.7 Å². The van der Waals surface area contributed by atoms with Gasteiger partial charge in [-0.1, -0.05) is 0 Å². The van der Waals surface area contributed by atoms with Crippen molar-refractivity contribution in [2.24, 2.45) is 5.92 Å². The summed E-state index contributed by atoms with van der Waals surface area (Å²) in [7, 11) is -3.74. The summed E-state index contributed by atoms with van der Waals surface area (Å²) in [4.78, 5) is 10.7. The first-order chi connectivity index (χ1) is 9.36. The van der Waals surface area contributed by atoms with Gasteiger partial charge < -0.3 is 14.6 Å². The van der Waals surface area contributed by atoms with Gasteiger partial charge >= 0.3 is 5.97 Å². The molecule has 0 aromatic carbocycles. The largest absolute Gasteiger partial charge is 0.475 e. The monoisotopic (exact) mass is 303 g/mol. The summed E-state index contributed by atoms with van der Waals surface area (Å²) in [6.07, 6.45) is 1.19. The highest BCUT2D eigenvalue weighted by Gasteiger charge is 2.32. The summed E-state index contributed by atoms with van der Waals surface area (Å²) in [6.45, 7) is 2.13. The molecule has 0 aliphatic carbocycles. The van der Waals surface area contributed by atoms with Crippen LogP contribution in [0.3, 0.4) is 0 Å². The average Bonchev–Trinajstić information content (AvgIpc) is 2.82. The molecular formula is C12H17NO6S. The van der Waals surface area contributed by atoms with Crippen molar-refractivity contribution in [1.29, 1.82) is 0 Å². The number of aromatic carboxylic acids is 1. The molecule has 8 heteroatoms. The van der Waals surface area contributed by atoms with E-state index in [1.807, 2.05) is 0 Å². The van der Waals surface area contributed by atoms with E-state index < -0.39 is 16.0 Å². The number of rotatable bonds is 4. The highest BCUT2D eigenvalue weighted by atomic mass is 32.2. The Labute approximate surface area is 116 Å². The Kier molecular flexibility index (Phi) is 4.17. The maximum Gasteiger partial charge on any atom is 0.371 e. The number of hydrogen-bond acceptors (Lipinski definition) is 5. The third-order valence-corrected chi connectivity index (χ3v) is 5.54. The van der Waals surface area contributed by atoms with Crippen molar-refractivity contribution in [2.75, 3.05) is 19.7 Å². The highest BCUT2D eigenvalue weighted by molar-refractivity contribution is 7.89. The van der Waals surface area contributed by atoms with Crippen LogP contribution in [0.5, 0.6) is 0 Å². The fraction of sp³-hybridized carbons (Fsp3) is 0.583. The van der Waals surface area contributed by atoms with Crippen molar-refractivity contribution in [1.82, 2.24) is 4.31 Å². The van der Waals surface area contributed by atoms with E-state index in [-0.39, 0.29) is 28.9 Å². The molecule has 0 bridgehead atoms. The lowest BCUT2D eigenvalue weighted by Crippen LogP contribution is -2.39. The van der Waals surface area contributed by atoms with Crippen LogP contribution in [0.2, 0.25) is 0 Å². The summed E-state index contributed by atoms with van der Waals surface area (Å²) in [6, 6.07) is 1.05. The van der Waals surface area contributed by atoms with E-state index >= 15 is 0 Å². The maximum atomic E-state index is 12.4. The Morgan fingerprint density at radius 1 is 1.45 bits per heavy atom. The molecular weight excluding hydrogens is 286 g/mol. The second-order valence-electron chi connectivity index (χ2n) is 4.87. The number of carboxylic acids is 1. The van der Waals surface area contributed by atoms with Crippen molar-refractivity contribution in [2.45, 2.75) is 24.7 Å². The summed E-state index contributed by atoms with van der Waals surface area (Å²) < 4.78 is 31.2. The number of piperidine rings is 1. The van der Waals surface area contributed by atoms with Gasteiger partial charge in [0.25, 0.3) is 0 Å². The van der Waals surface area contributed by atoms with Gasteiger partial charge in [0.05, 0.1) is 0 Å². The van der Waals surface area contributed by atoms with E-state index in [9.17, 15) is 13.2 Å². The van der Waals surface area contributed by atoms with Gasteiger partial charge in [-0.25, -0.2) is 13.2 Å². The van der Waals surface area contributed by atoms with Crippen LogP contribution in [0, 0.1) is 12.8 Å². The average molecular weight is 303 g/mol.